The number of benzene rings is 2. The van der Waals surface area contributed by atoms with E-state index in [-0.39, 0.29) is 6.07 Å². The highest BCUT2D eigenvalue weighted by Crippen LogP contribution is 2.46. The van der Waals surface area contributed by atoms with Crippen molar-refractivity contribution in [3.05, 3.63) is 51.3 Å². The maximum atomic E-state index is 13.9. The lowest BCUT2D eigenvalue weighted by Crippen LogP contribution is -2.19. The Balaban J connectivity index is 2.44. The Bertz CT molecular complexity index is 1080. The minimum atomic E-state index is -4.75. The van der Waals surface area contributed by atoms with Crippen molar-refractivity contribution in [3.63, 3.8) is 0 Å². The van der Waals surface area contributed by atoms with Gasteiger partial charge in [-0.05, 0) is 12.1 Å². The van der Waals surface area contributed by atoms with Crippen LogP contribution in [0.5, 0.6) is 0 Å². The van der Waals surface area contributed by atoms with Crippen molar-refractivity contribution in [3.8, 4) is 0 Å². The van der Waals surface area contributed by atoms with Crippen molar-refractivity contribution in [1.82, 2.24) is 0 Å². The zero-order valence-electron chi connectivity index (χ0n) is 11.7. The monoisotopic (exact) mass is 374 g/mol. The average Bonchev–Trinajstić information content (AvgIpc) is 2.53. The first-order valence-corrected chi connectivity index (χ1v) is 7.79. The SMILES string of the molecule is O=C(O)c1cc([N+](=O)[O-])c2c(c1)S(=O)(=O)c1cc(F)c(F)c(F)c1N2. The molecule has 3 rings (SSSR count). The van der Waals surface area contributed by atoms with Gasteiger partial charge in [0.15, 0.2) is 17.5 Å². The summed E-state index contributed by atoms with van der Waals surface area (Å²) in [5.41, 5.74) is -3.44. The van der Waals surface area contributed by atoms with E-state index in [1.807, 2.05) is 0 Å². The number of rotatable bonds is 2. The normalized spacial score (nSPS) is 14.2. The number of sulfone groups is 1. The maximum Gasteiger partial charge on any atom is 0.335 e. The summed E-state index contributed by atoms with van der Waals surface area (Å²) in [5.74, 6) is -7.27. The highest BCUT2D eigenvalue weighted by atomic mass is 32.2. The molecule has 25 heavy (non-hydrogen) atoms. The van der Waals surface area contributed by atoms with Crippen molar-refractivity contribution < 1.29 is 36.4 Å². The first kappa shape index (κ1) is 16.7. The van der Waals surface area contributed by atoms with Crippen LogP contribution < -0.4 is 5.32 Å². The molecule has 0 fully saturated rings. The number of nitrogens with zero attached hydrogens (tertiary/aromatic N) is 1. The van der Waals surface area contributed by atoms with E-state index in [0.717, 1.165) is 0 Å². The molecule has 0 radical (unpaired) electrons. The fourth-order valence-corrected chi connectivity index (χ4v) is 3.96. The predicted molar refractivity (Wildman–Crippen MR) is 75.1 cm³/mol. The molecule has 2 aromatic rings. The number of anilines is 2. The summed E-state index contributed by atoms with van der Waals surface area (Å²) in [6, 6.07) is 1.37. The smallest absolute Gasteiger partial charge is 0.335 e. The molecule has 2 aromatic carbocycles. The maximum absolute atomic E-state index is 13.9. The highest BCUT2D eigenvalue weighted by Gasteiger charge is 2.39. The molecule has 1 aliphatic heterocycles. The quantitative estimate of drug-likeness (QED) is 0.305. The van der Waals surface area contributed by atoms with Crippen LogP contribution in [0.2, 0.25) is 0 Å². The zero-order valence-corrected chi connectivity index (χ0v) is 12.5. The van der Waals surface area contributed by atoms with Crippen molar-refractivity contribution in [1.29, 1.82) is 0 Å². The molecule has 1 aliphatic rings. The Kier molecular flexibility index (Phi) is 3.46. The molecule has 2 N–H and O–H groups in total. The van der Waals surface area contributed by atoms with Crippen LogP contribution in [-0.2, 0) is 9.84 Å². The number of hydrogen-bond acceptors (Lipinski definition) is 6. The molecule has 0 saturated carbocycles. The van der Waals surface area contributed by atoms with E-state index in [0.29, 0.717) is 12.1 Å². The van der Waals surface area contributed by atoms with Crippen LogP contribution in [0.15, 0.2) is 28.0 Å². The number of fused-ring (bicyclic) bond motifs is 2. The molecule has 12 heteroatoms. The number of hydrogen-bond donors (Lipinski definition) is 2. The Hall–Kier alpha value is -3.15. The second-order valence-corrected chi connectivity index (χ2v) is 6.81. The molecule has 0 atom stereocenters. The Labute approximate surface area is 136 Å². The number of carboxylic acids is 1. The van der Waals surface area contributed by atoms with Gasteiger partial charge in [-0.25, -0.2) is 26.4 Å². The highest BCUT2D eigenvalue weighted by molar-refractivity contribution is 7.92. The Morgan fingerprint density at radius 1 is 1.08 bits per heavy atom. The summed E-state index contributed by atoms with van der Waals surface area (Å²) in [7, 11) is -4.75. The topological polar surface area (TPSA) is 127 Å². The van der Waals surface area contributed by atoms with Gasteiger partial charge in [0.05, 0.1) is 16.2 Å². The van der Waals surface area contributed by atoms with E-state index < -0.39 is 70.6 Å². The summed E-state index contributed by atoms with van der Waals surface area (Å²) in [5, 5.41) is 22.2. The van der Waals surface area contributed by atoms with Gasteiger partial charge in [0.1, 0.15) is 15.5 Å². The van der Waals surface area contributed by atoms with E-state index >= 15 is 0 Å². The van der Waals surface area contributed by atoms with Gasteiger partial charge in [-0.2, -0.15) is 0 Å². The Morgan fingerprint density at radius 2 is 1.68 bits per heavy atom. The number of carbonyl (C=O) groups is 1. The molecule has 0 amide bonds. The van der Waals surface area contributed by atoms with E-state index in [2.05, 4.69) is 5.32 Å². The number of aromatic carboxylic acids is 1. The van der Waals surface area contributed by atoms with E-state index in [1.165, 1.54) is 0 Å². The standard InChI is InChI=1S/C13H5F3N2O6S/c14-5-3-8-12(10(16)9(5)15)17-11-6(18(21)22)1-4(13(19)20)2-7(11)25(8,23)24/h1-3,17H,(H,19,20). The van der Waals surface area contributed by atoms with Crippen LogP contribution in [0.3, 0.4) is 0 Å². The van der Waals surface area contributed by atoms with Gasteiger partial charge in [-0.3, -0.25) is 10.1 Å². The summed E-state index contributed by atoms with van der Waals surface area (Å²) in [6.07, 6.45) is 0. The number of nitro groups is 1. The lowest BCUT2D eigenvalue weighted by atomic mass is 10.1. The van der Waals surface area contributed by atoms with Gasteiger partial charge in [0.2, 0.25) is 9.84 Å². The molecular weight excluding hydrogens is 369 g/mol. The van der Waals surface area contributed by atoms with Crippen molar-refractivity contribution in [2.24, 2.45) is 0 Å². The minimum Gasteiger partial charge on any atom is -0.478 e. The first-order chi connectivity index (χ1) is 11.6. The van der Waals surface area contributed by atoms with Gasteiger partial charge in [-0.15, -0.1) is 0 Å². The molecule has 0 aromatic heterocycles. The number of halogens is 3. The molecule has 0 bridgehead atoms. The Morgan fingerprint density at radius 3 is 2.24 bits per heavy atom. The first-order valence-electron chi connectivity index (χ1n) is 6.31. The van der Waals surface area contributed by atoms with Crippen molar-refractivity contribution in [2.45, 2.75) is 9.79 Å². The molecule has 130 valence electrons. The van der Waals surface area contributed by atoms with Crippen LogP contribution in [0.4, 0.5) is 30.2 Å². The van der Waals surface area contributed by atoms with E-state index in [4.69, 9.17) is 5.11 Å². The molecule has 8 nitrogen and oxygen atoms in total. The van der Waals surface area contributed by atoms with Crippen LogP contribution in [0.25, 0.3) is 0 Å². The van der Waals surface area contributed by atoms with Gasteiger partial charge >= 0.3 is 5.97 Å². The van der Waals surface area contributed by atoms with Gasteiger partial charge in [0.25, 0.3) is 5.69 Å². The molecular formula is C13H5F3N2O6S. The van der Waals surface area contributed by atoms with Crippen LogP contribution >= 0.6 is 0 Å². The summed E-state index contributed by atoms with van der Waals surface area (Å²) in [4.78, 5) is 19.2. The third-order valence-corrected chi connectivity index (χ3v) is 5.28. The van der Waals surface area contributed by atoms with Gasteiger partial charge in [0, 0.05) is 6.07 Å². The number of nitro benzene ring substituents is 1. The minimum absolute atomic E-state index is 0.207. The third kappa shape index (κ3) is 2.29. The van der Waals surface area contributed by atoms with Crippen molar-refractivity contribution >= 4 is 32.9 Å². The average molecular weight is 374 g/mol. The molecule has 0 unspecified atom stereocenters. The van der Waals surface area contributed by atoms with E-state index in [1.54, 1.807) is 0 Å². The van der Waals surface area contributed by atoms with Crippen LogP contribution in [0.1, 0.15) is 10.4 Å². The fourth-order valence-electron chi connectivity index (χ4n) is 2.35. The second-order valence-electron chi connectivity index (χ2n) is 4.92. The zero-order chi connectivity index (χ0) is 18.7. The second kappa shape index (κ2) is 5.17. The summed E-state index contributed by atoms with van der Waals surface area (Å²) in [6.45, 7) is 0. The largest absolute Gasteiger partial charge is 0.478 e. The molecule has 1 heterocycles. The van der Waals surface area contributed by atoms with Crippen molar-refractivity contribution in [2.75, 3.05) is 5.32 Å². The fraction of sp³-hybridized carbons (Fsp3) is 0. The number of carboxylic acid groups (broad SMARTS) is 1. The summed E-state index contributed by atoms with van der Waals surface area (Å²) >= 11 is 0. The number of nitrogens with one attached hydrogen (secondary N) is 1. The lowest BCUT2D eigenvalue weighted by molar-refractivity contribution is -0.384. The summed E-state index contributed by atoms with van der Waals surface area (Å²) < 4.78 is 65.8. The predicted octanol–water partition coefficient (Wildman–Crippen LogP) is 2.60. The van der Waals surface area contributed by atoms with Gasteiger partial charge in [-0.1, -0.05) is 0 Å². The van der Waals surface area contributed by atoms with E-state index in [9.17, 15) is 36.5 Å². The van der Waals surface area contributed by atoms with Crippen LogP contribution in [0, 0.1) is 27.6 Å². The third-order valence-electron chi connectivity index (χ3n) is 3.48. The molecule has 0 aliphatic carbocycles. The molecule has 0 saturated heterocycles. The van der Waals surface area contributed by atoms with Crippen LogP contribution in [-0.4, -0.2) is 24.4 Å². The molecule has 0 spiro atoms. The lowest BCUT2D eigenvalue weighted by Gasteiger charge is -2.22. The van der Waals surface area contributed by atoms with Gasteiger partial charge < -0.3 is 10.4 Å².